The highest BCUT2D eigenvalue weighted by molar-refractivity contribution is 7.92. The lowest BCUT2D eigenvalue weighted by molar-refractivity contribution is 0.601. The van der Waals surface area contributed by atoms with Gasteiger partial charge in [0.15, 0.2) is 17.3 Å². The van der Waals surface area contributed by atoms with Crippen molar-refractivity contribution in [1.82, 2.24) is 34.8 Å². The van der Waals surface area contributed by atoms with E-state index in [2.05, 4.69) is 40.3 Å². The first kappa shape index (κ1) is 19.5. The lowest BCUT2D eigenvalue weighted by atomic mass is 10.2. The number of benzene rings is 1. The second-order valence-corrected chi connectivity index (χ2v) is 8.26. The Morgan fingerprint density at radius 3 is 2.31 bits per heavy atom. The molecule has 158 valence electrons. The van der Waals surface area contributed by atoms with E-state index in [1.165, 1.54) is 24.5 Å². The quantitative estimate of drug-likeness (QED) is 0.403. The summed E-state index contributed by atoms with van der Waals surface area (Å²) in [5.41, 5.74) is 2.09. The molecule has 0 fully saturated rings. The van der Waals surface area contributed by atoms with Gasteiger partial charge in [0.2, 0.25) is 5.95 Å². The zero-order valence-electron chi connectivity index (χ0n) is 16.4. The maximum Gasteiger partial charge on any atom is 0.264 e. The second-order valence-electron chi connectivity index (χ2n) is 6.58. The van der Waals surface area contributed by atoms with Gasteiger partial charge in [0.1, 0.15) is 0 Å². The molecule has 0 bridgehead atoms. The van der Waals surface area contributed by atoms with Crippen LogP contribution in [-0.4, -0.2) is 43.2 Å². The van der Waals surface area contributed by atoms with Crippen molar-refractivity contribution in [3.8, 4) is 11.4 Å². The number of pyridine rings is 1. The molecule has 4 heterocycles. The Morgan fingerprint density at radius 2 is 1.56 bits per heavy atom. The van der Waals surface area contributed by atoms with Crippen molar-refractivity contribution in [2.45, 2.75) is 4.90 Å². The van der Waals surface area contributed by atoms with E-state index in [1.807, 2.05) is 12.1 Å². The molecular weight excluding hydrogens is 430 g/mol. The molecule has 0 saturated heterocycles. The highest BCUT2D eigenvalue weighted by atomic mass is 32.2. The molecule has 11 nitrogen and oxygen atoms in total. The molecule has 0 unspecified atom stereocenters. The van der Waals surface area contributed by atoms with Crippen LogP contribution in [0.3, 0.4) is 0 Å². The van der Waals surface area contributed by atoms with Crippen LogP contribution in [0.1, 0.15) is 0 Å². The maximum atomic E-state index is 12.5. The monoisotopic (exact) mass is 445 g/mol. The lowest BCUT2D eigenvalue weighted by Crippen LogP contribution is -2.14. The first-order chi connectivity index (χ1) is 15.6. The fourth-order valence-electron chi connectivity index (χ4n) is 2.93. The summed E-state index contributed by atoms with van der Waals surface area (Å²) in [6.45, 7) is 0. The third kappa shape index (κ3) is 3.94. The molecule has 0 amide bonds. The lowest BCUT2D eigenvalue weighted by Gasteiger charge is -2.09. The third-order valence-electron chi connectivity index (χ3n) is 4.43. The predicted molar refractivity (Wildman–Crippen MR) is 117 cm³/mol. The molecule has 1 aromatic carbocycles. The van der Waals surface area contributed by atoms with E-state index in [0.717, 1.165) is 5.56 Å². The van der Waals surface area contributed by atoms with Gasteiger partial charge in [-0.15, -0.1) is 15.3 Å². The zero-order chi connectivity index (χ0) is 22.0. The van der Waals surface area contributed by atoms with E-state index in [9.17, 15) is 8.42 Å². The molecule has 0 aliphatic heterocycles. The van der Waals surface area contributed by atoms with Gasteiger partial charge in [-0.05, 0) is 54.6 Å². The molecule has 5 aromatic rings. The first-order valence-electron chi connectivity index (χ1n) is 9.38. The topological polar surface area (TPSA) is 140 Å². The predicted octanol–water partition coefficient (Wildman–Crippen LogP) is 2.52. The van der Waals surface area contributed by atoms with E-state index in [-0.39, 0.29) is 10.8 Å². The molecule has 12 heteroatoms. The number of anilines is 3. The van der Waals surface area contributed by atoms with Gasteiger partial charge < -0.3 is 5.32 Å². The van der Waals surface area contributed by atoms with Crippen molar-refractivity contribution in [2.24, 2.45) is 0 Å². The van der Waals surface area contributed by atoms with Crippen molar-refractivity contribution in [2.75, 3.05) is 10.0 Å². The molecule has 0 atom stereocenters. The van der Waals surface area contributed by atoms with E-state index in [1.54, 1.807) is 47.2 Å². The SMILES string of the molecule is O=S(=O)(Nc1ncccn1)c1ccc(Nc2ccc3nnc(-c4ccncc4)n3n2)cc1. The Kier molecular flexibility index (Phi) is 4.88. The minimum atomic E-state index is -3.80. The van der Waals surface area contributed by atoms with E-state index >= 15 is 0 Å². The minimum Gasteiger partial charge on any atom is -0.339 e. The van der Waals surface area contributed by atoms with E-state index < -0.39 is 10.0 Å². The summed E-state index contributed by atoms with van der Waals surface area (Å²) in [5.74, 6) is 1.13. The van der Waals surface area contributed by atoms with Gasteiger partial charge in [0.25, 0.3) is 10.0 Å². The number of rotatable bonds is 6. The molecule has 4 aromatic heterocycles. The molecule has 0 spiro atoms. The van der Waals surface area contributed by atoms with E-state index in [4.69, 9.17) is 0 Å². The fraction of sp³-hybridized carbons (Fsp3) is 0. The van der Waals surface area contributed by atoms with Crippen LogP contribution in [0.4, 0.5) is 17.5 Å². The summed E-state index contributed by atoms with van der Waals surface area (Å²) in [7, 11) is -3.80. The van der Waals surface area contributed by atoms with Crippen LogP contribution in [0.15, 0.2) is 84.3 Å². The Hall–Kier alpha value is -4.45. The maximum absolute atomic E-state index is 12.5. The van der Waals surface area contributed by atoms with E-state index in [0.29, 0.717) is 23.0 Å². The average Bonchev–Trinajstić information content (AvgIpc) is 3.24. The van der Waals surface area contributed by atoms with Crippen LogP contribution in [0.25, 0.3) is 17.0 Å². The number of aromatic nitrogens is 7. The van der Waals surface area contributed by atoms with Crippen molar-refractivity contribution < 1.29 is 8.42 Å². The highest BCUT2D eigenvalue weighted by Crippen LogP contribution is 2.21. The number of sulfonamides is 1. The Labute approximate surface area is 182 Å². The van der Waals surface area contributed by atoms with Crippen molar-refractivity contribution >= 4 is 33.1 Å². The molecule has 0 saturated carbocycles. The normalized spacial score (nSPS) is 11.4. The fourth-order valence-corrected chi connectivity index (χ4v) is 3.89. The summed E-state index contributed by atoms with van der Waals surface area (Å²) in [5, 5.41) is 16.0. The van der Waals surface area contributed by atoms with Gasteiger partial charge in [-0.1, -0.05) is 0 Å². The molecule has 0 radical (unpaired) electrons. The van der Waals surface area contributed by atoms with Crippen LogP contribution >= 0.6 is 0 Å². The summed E-state index contributed by atoms with van der Waals surface area (Å²) in [4.78, 5) is 11.8. The Morgan fingerprint density at radius 1 is 0.812 bits per heavy atom. The molecule has 0 aliphatic rings. The number of nitrogens with one attached hydrogen (secondary N) is 2. The Balaban J connectivity index is 1.37. The third-order valence-corrected chi connectivity index (χ3v) is 5.77. The minimum absolute atomic E-state index is 0.00569. The number of hydrogen-bond acceptors (Lipinski definition) is 9. The van der Waals surface area contributed by atoms with Crippen LogP contribution in [-0.2, 0) is 10.0 Å². The van der Waals surface area contributed by atoms with Gasteiger partial charge in [0, 0.05) is 36.0 Å². The summed E-state index contributed by atoms with van der Waals surface area (Å²) < 4.78 is 29.0. The largest absolute Gasteiger partial charge is 0.339 e. The molecule has 5 rings (SSSR count). The van der Waals surface area contributed by atoms with Crippen molar-refractivity contribution in [3.63, 3.8) is 0 Å². The van der Waals surface area contributed by atoms with Crippen LogP contribution in [0.5, 0.6) is 0 Å². The van der Waals surface area contributed by atoms with Gasteiger partial charge in [-0.25, -0.2) is 23.1 Å². The van der Waals surface area contributed by atoms with Crippen LogP contribution in [0.2, 0.25) is 0 Å². The summed E-state index contributed by atoms with van der Waals surface area (Å²) in [6, 6.07) is 15.0. The highest BCUT2D eigenvalue weighted by Gasteiger charge is 2.15. The summed E-state index contributed by atoms with van der Waals surface area (Å²) in [6.07, 6.45) is 6.26. The molecule has 32 heavy (non-hydrogen) atoms. The van der Waals surface area contributed by atoms with Gasteiger partial charge in [-0.3, -0.25) is 4.98 Å². The molecular formula is C20H15N9O2S. The second kappa shape index (κ2) is 8.00. The summed E-state index contributed by atoms with van der Waals surface area (Å²) >= 11 is 0. The average molecular weight is 445 g/mol. The standard InChI is InChI=1S/C20H15N9O2S/c30-32(31,28-20-22-10-1-11-23-20)16-4-2-15(3-5-16)24-17-6-7-18-25-26-19(29(18)27-17)14-8-12-21-13-9-14/h1-13H,(H,24,27)(H,22,23,28). The number of fused-ring (bicyclic) bond motifs is 1. The van der Waals surface area contributed by atoms with Gasteiger partial charge in [-0.2, -0.15) is 4.52 Å². The van der Waals surface area contributed by atoms with Crippen molar-refractivity contribution in [1.29, 1.82) is 0 Å². The first-order valence-corrected chi connectivity index (χ1v) is 10.9. The Bertz CT molecular complexity index is 1470. The molecule has 0 aliphatic carbocycles. The number of nitrogens with zero attached hydrogens (tertiary/aromatic N) is 7. The van der Waals surface area contributed by atoms with Crippen LogP contribution in [0, 0.1) is 0 Å². The van der Waals surface area contributed by atoms with Crippen LogP contribution < -0.4 is 10.0 Å². The zero-order valence-corrected chi connectivity index (χ0v) is 17.2. The van der Waals surface area contributed by atoms with Crippen molar-refractivity contribution in [3.05, 3.63) is 79.4 Å². The molecule has 2 N–H and O–H groups in total. The van der Waals surface area contributed by atoms with Gasteiger partial charge >= 0.3 is 0 Å². The van der Waals surface area contributed by atoms with Gasteiger partial charge in [0.05, 0.1) is 4.90 Å². The number of hydrogen-bond donors (Lipinski definition) is 2. The smallest absolute Gasteiger partial charge is 0.264 e.